The third-order valence-corrected chi connectivity index (χ3v) is 4.60. The molecular weight excluding hydrogens is 353 g/mol. The van der Waals surface area contributed by atoms with Crippen molar-refractivity contribution in [3.8, 4) is 0 Å². The summed E-state index contributed by atoms with van der Waals surface area (Å²) < 4.78 is 10.2. The van der Waals surface area contributed by atoms with E-state index in [9.17, 15) is 9.59 Å². The highest BCUT2D eigenvalue weighted by Crippen LogP contribution is 2.27. The van der Waals surface area contributed by atoms with Crippen molar-refractivity contribution in [3.05, 3.63) is 33.8 Å². The van der Waals surface area contributed by atoms with Crippen LogP contribution in [-0.4, -0.2) is 36.3 Å². The van der Waals surface area contributed by atoms with E-state index in [-0.39, 0.29) is 24.9 Å². The monoisotopic (exact) mass is 373 g/mol. The van der Waals surface area contributed by atoms with E-state index in [2.05, 4.69) is 0 Å². The summed E-state index contributed by atoms with van der Waals surface area (Å²) >= 11 is 12.0. The van der Waals surface area contributed by atoms with Gasteiger partial charge in [0.2, 0.25) is 5.91 Å². The summed E-state index contributed by atoms with van der Waals surface area (Å²) in [5, 5.41) is 0.968. The summed E-state index contributed by atoms with van der Waals surface area (Å²) in [6.07, 6.45) is 0.514. The Morgan fingerprint density at radius 1 is 1.33 bits per heavy atom. The minimum atomic E-state index is -0.751. The van der Waals surface area contributed by atoms with E-state index in [1.165, 1.54) is 0 Å². The molecule has 1 aliphatic heterocycles. The van der Waals surface area contributed by atoms with E-state index in [0.29, 0.717) is 22.2 Å². The second-order valence-corrected chi connectivity index (χ2v) is 6.65. The van der Waals surface area contributed by atoms with Crippen LogP contribution < -0.4 is 0 Å². The number of nitrogens with zero attached hydrogens (tertiary/aromatic N) is 1. The molecule has 7 heteroatoms. The van der Waals surface area contributed by atoms with Gasteiger partial charge in [-0.15, -0.1) is 0 Å². The highest BCUT2D eigenvalue weighted by atomic mass is 35.5. The van der Waals surface area contributed by atoms with Gasteiger partial charge in [0.05, 0.1) is 13.0 Å². The third kappa shape index (κ3) is 4.77. The van der Waals surface area contributed by atoms with Crippen molar-refractivity contribution in [2.45, 2.75) is 39.3 Å². The van der Waals surface area contributed by atoms with Gasteiger partial charge in [-0.05, 0) is 37.5 Å². The molecule has 1 saturated heterocycles. The zero-order valence-electron chi connectivity index (χ0n) is 13.8. The zero-order valence-corrected chi connectivity index (χ0v) is 15.3. The number of halogens is 2. The van der Waals surface area contributed by atoms with Gasteiger partial charge in [0, 0.05) is 22.5 Å². The van der Waals surface area contributed by atoms with Gasteiger partial charge in [0.25, 0.3) is 0 Å². The SMILES string of the molecule is CCOC(=O)OC1C(C)CCCN1C(=O)Cc1ccc(Cl)cc1Cl. The smallest absolute Gasteiger partial charge is 0.435 e. The number of hydrogen-bond acceptors (Lipinski definition) is 4. The quantitative estimate of drug-likeness (QED) is 0.738. The summed E-state index contributed by atoms with van der Waals surface area (Å²) in [4.78, 5) is 26.0. The maximum atomic E-state index is 12.7. The van der Waals surface area contributed by atoms with E-state index in [4.69, 9.17) is 32.7 Å². The predicted octanol–water partition coefficient (Wildman–Crippen LogP) is 4.29. The lowest BCUT2D eigenvalue weighted by Gasteiger charge is -2.38. The largest absolute Gasteiger partial charge is 0.510 e. The van der Waals surface area contributed by atoms with E-state index >= 15 is 0 Å². The standard InChI is InChI=1S/C17H21Cl2NO4/c1-3-23-17(22)24-16-11(2)5-4-8-20(16)15(21)9-12-6-7-13(18)10-14(12)19/h6-7,10-11,16H,3-5,8-9H2,1-2H3. The van der Waals surface area contributed by atoms with Gasteiger partial charge in [-0.2, -0.15) is 0 Å². The molecule has 1 fully saturated rings. The van der Waals surface area contributed by atoms with Crippen LogP contribution >= 0.6 is 23.2 Å². The summed E-state index contributed by atoms with van der Waals surface area (Å²) in [5.41, 5.74) is 0.694. The molecule has 0 bridgehead atoms. The molecule has 1 aromatic rings. The first kappa shape index (κ1) is 18.9. The van der Waals surface area contributed by atoms with Crippen LogP contribution in [-0.2, 0) is 20.7 Å². The molecule has 0 aromatic heterocycles. The molecule has 2 rings (SSSR count). The fraction of sp³-hybridized carbons (Fsp3) is 0.529. The molecule has 24 heavy (non-hydrogen) atoms. The molecule has 0 N–H and O–H groups in total. The van der Waals surface area contributed by atoms with E-state index < -0.39 is 12.4 Å². The number of hydrogen-bond donors (Lipinski definition) is 0. The topological polar surface area (TPSA) is 55.8 Å². The number of rotatable bonds is 4. The first-order valence-electron chi connectivity index (χ1n) is 7.99. The van der Waals surface area contributed by atoms with Crippen LogP contribution in [0.5, 0.6) is 0 Å². The lowest BCUT2D eigenvalue weighted by atomic mass is 9.97. The van der Waals surface area contributed by atoms with Crippen LogP contribution in [0.25, 0.3) is 0 Å². The fourth-order valence-electron chi connectivity index (χ4n) is 2.79. The molecule has 2 atom stereocenters. The average Bonchev–Trinajstić information content (AvgIpc) is 2.52. The van der Waals surface area contributed by atoms with Crippen molar-refractivity contribution in [1.29, 1.82) is 0 Å². The molecule has 132 valence electrons. The van der Waals surface area contributed by atoms with Crippen LogP contribution in [0.1, 0.15) is 32.3 Å². The Balaban J connectivity index is 2.10. The summed E-state index contributed by atoms with van der Waals surface area (Å²) in [7, 11) is 0. The maximum Gasteiger partial charge on any atom is 0.510 e. The summed E-state index contributed by atoms with van der Waals surface area (Å²) in [6, 6.07) is 5.04. The van der Waals surface area contributed by atoms with Crippen molar-refractivity contribution < 1.29 is 19.1 Å². The van der Waals surface area contributed by atoms with Crippen molar-refractivity contribution in [2.75, 3.05) is 13.2 Å². The van der Waals surface area contributed by atoms with Gasteiger partial charge in [0.15, 0.2) is 6.23 Å². The normalized spacial score (nSPS) is 20.6. The maximum absolute atomic E-state index is 12.7. The molecule has 1 amide bonds. The molecule has 0 saturated carbocycles. The molecule has 0 spiro atoms. The van der Waals surface area contributed by atoms with Gasteiger partial charge in [-0.1, -0.05) is 36.2 Å². The molecule has 0 radical (unpaired) electrons. The second kappa shape index (κ2) is 8.58. The third-order valence-electron chi connectivity index (χ3n) is 4.01. The van der Waals surface area contributed by atoms with Gasteiger partial charge in [-0.3, -0.25) is 4.79 Å². The summed E-state index contributed by atoms with van der Waals surface area (Å²) in [5.74, 6) is -0.0899. The number of amides is 1. The molecular formula is C17H21Cl2NO4. The van der Waals surface area contributed by atoms with Crippen LogP contribution in [0.2, 0.25) is 10.0 Å². The van der Waals surface area contributed by atoms with Crippen LogP contribution in [0, 0.1) is 5.92 Å². The van der Waals surface area contributed by atoms with Gasteiger partial charge < -0.3 is 14.4 Å². The van der Waals surface area contributed by atoms with E-state index in [1.807, 2.05) is 6.92 Å². The first-order valence-corrected chi connectivity index (χ1v) is 8.74. The second-order valence-electron chi connectivity index (χ2n) is 5.81. The van der Waals surface area contributed by atoms with Crippen LogP contribution in [0.3, 0.4) is 0 Å². The molecule has 5 nitrogen and oxygen atoms in total. The number of carbonyl (C=O) groups excluding carboxylic acids is 2. The number of likely N-dealkylation sites (tertiary alicyclic amines) is 1. The van der Waals surface area contributed by atoms with Crippen molar-refractivity contribution in [2.24, 2.45) is 5.92 Å². The van der Waals surface area contributed by atoms with Crippen molar-refractivity contribution in [3.63, 3.8) is 0 Å². The Morgan fingerprint density at radius 2 is 2.08 bits per heavy atom. The predicted molar refractivity (Wildman–Crippen MR) is 92.2 cm³/mol. The Morgan fingerprint density at radius 3 is 2.75 bits per heavy atom. The number of carbonyl (C=O) groups is 2. The minimum Gasteiger partial charge on any atom is -0.435 e. The highest BCUT2D eigenvalue weighted by Gasteiger charge is 2.35. The first-order chi connectivity index (χ1) is 11.4. The number of piperidine rings is 1. The fourth-order valence-corrected chi connectivity index (χ4v) is 3.26. The Bertz CT molecular complexity index is 608. The lowest BCUT2D eigenvalue weighted by Crippen LogP contribution is -2.50. The lowest BCUT2D eigenvalue weighted by molar-refractivity contribution is -0.151. The van der Waals surface area contributed by atoms with Crippen molar-refractivity contribution >= 4 is 35.3 Å². The zero-order chi connectivity index (χ0) is 17.7. The van der Waals surface area contributed by atoms with Gasteiger partial charge in [-0.25, -0.2) is 4.79 Å². The molecule has 1 aliphatic rings. The molecule has 1 aromatic carbocycles. The molecule has 0 aliphatic carbocycles. The Labute approximate surface area is 151 Å². The van der Waals surface area contributed by atoms with Gasteiger partial charge >= 0.3 is 6.16 Å². The number of ether oxygens (including phenoxy) is 2. The van der Waals surface area contributed by atoms with Gasteiger partial charge in [0.1, 0.15) is 0 Å². The average molecular weight is 374 g/mol. The van der Waals surface area contributed by atoms with E-state index in [1.54, 1.807) is 30.0 Å². The van der Waals surface area contributed by atoms with Crippen LogP contribution in [0.4, 0.5) is 4.79 Å². The van der Waals surface area contributed by atoms with Crippen molar-refractivity contribution in [1.82, 2.24) is 4.90 Å². The van der Waals surface area contributed by atoms with E-state index in [0.717, 1.165) is 12.8 Å². The molecule has 1 heterocycles. The Kier molecular flexibility index (Phi) is 6.75. The number of benzene rings is 1. The minimum absolute atomic E-state index is 0.0489. The highest BCUT2D eigenvalue weighted by molar-refractivity contribution is 6.35. The van der Waals surface area contributed by atoms with Crippen LogP contribution in [0.15, 0.2) is 18.2 Å². The summed E-state index contributed by atoms with van der Waals surface area (Å²) in [6.45, 7) is 4.43. The Hall–Kier alpha value is -1.46. The molecule has 2 unspecified atom stereocenters.